The number of hydrogen-bond donors (Lipinski definition) is 2. The largest absolute Gasteiger partial charge is 0.550 e. The van der Waals surface area contributed by atoms with Gasteiger partial charge in [-0.15, -0.1) is 0 Å². The molecule has 0 unspecified atom stereocenters. The maximum Gasteiger partial charge on any atom is 0.309 e. The Morgan fingerprint density at radius 1 is 0.733 bits per heavy atom. The van der Waals surface area contributed by atoms with Crippen LogP contribution in [-0.2, 0) is 14.4 Å². The van der Waals surface area contributed by atoms with Crippen molar-refractivity contribution >= 4 is 17.9 Å². The minimum atomic E-state index is -1.21. The van der Waals surface area contributed by atoms with E-state index in [0.29, 0.717) is 6.54 Å². The number of carboxylic acid groups (broad SMARTS) is 3. The number of carbonyl (C=O) groups is 3. The summed E-state index contributed by atoms with van der Waals surface area (Å²) in [6.45, 7) is 3.24. The van der Waals surface area contributed by atoms with E-state index in [0.717, 1.165) is 12.8 Å². The quantitative estimate of drug-likeness (QED) is 0.165. The zero-order valence-corrected chi connectivity index (χ0v) is 18.7. The molecule has 174 valence electrons. The van der Waals surface area contributed by atoms with Crippen LogP contribution in [0.25, 0.3) is 0 Å². The average Bonchev–Trinajstić information content (AvgIpc) is 2.69. The van der Waals surface area contributed by atoms with Gasteiger partial charge in [0.25, 0.3) is 0 Å². The molecule has 7 heteroatoms. The van der Waals surface area contributed by atoms with Gasteiger partial charge in [-0.05, 0) is 18.9 Å². The van der Waals surface area contributed by atoms with Gasteiger partial charge < -0.3 is 24.6 Å². The van der Waals surface area contributed by atoms with Crippen molar-refractivity contribution in [3.8, 4) is 0 Å². The zero-order chi connectivity index (χ0) is 22.7. The van der Waals surface area contributed by atoms with E-state index in [1.54, 1.807) is 0 Å². The fourth-order valence-electron chi connectivity index (χ4n) is 3.59. The maximum absolute atomic E-state index is 11.0. The van der Waals surface area contributed by atoms with Crippen LogP contribution in [0.3, 0.4) is 0 Å². The number of hydrogen-bond acceptors (Lipinski definition) is 4. The standard InChI is InChI=1S/C23H41NO6/c1-2-3-4-5-6-7-8-9-10-11-12-13-17-24(18-14-21(25)26,19-15-22(27)28)20-16-23(29)30/h12-13H,2-11,14-20H2,1H3,(H2-,25,26,27,28,29,30)/b13-12+. The number of quaternary nitrogens is 1. The Bertz CT molecular complexity index is 472. The summed E-state index contributed by atoms with van der Waals surface area (Å²) >= 11 is 0. The SMILES string of the molecule is CCCCCCCCCCC/C=C/C[N+](CCC(=O)[O-])(CCC(=O)O)CCC(=O)O. The summed E-state index contributed by atoms with van der Waals surface area (Å²) in [6.07, 6.45) is 15.8. The fourth-order valence-corrected chi connectivity index (χ4v) is 3.59. The van der Waals surface area contributed by atoms with Gasteiger partial charge in [0.15, 0.2) is 0 Å². The van der Waals surface area contributed by atoms with Gasteiger partial charge in [-0.2, -0.15) is 0 Å². The van der Waals surface area contributed by atoms with Crippen LogP contribution in [0, 0.1) is 0 Å². The third kappa shape index (κ3) is 17.0. The Labute approximate surface area is 181 Å². The Hall–Kier alpha value is -1.89. The van der Waals surface area contributed by atoms with Gasteiger partial charge in [0.05, 0.1) is 39.0 Å². The van der Waals surface area contributed by atoms with Gasteiger partial charge in [-0.3, -0.25) is 9.59 Å². The predicted molar refractivity (Wildman–Crippen MR) is 115 cm³/mol. The molecule has 0 rings (SSSR count). The van der Waals surface area contributed by atoms with Crippen LogP contribution >= 0.6 is 0 Å². The zero-order valence-electron chi connectivity index (χ0n) is 18.7. The lowest BCUT2D eigenvalue weighted by molar-refractivity contribution is -0.921. The van der Waals surface area contributed by atoms with Crippen molar-refractivity contribution in [2.75, 3.05) is 26.2 Å². The summed E-state index contributed by atoms with van der Waals surface area (Å²) in [7, 11) is 0. The highest BCUT2D eigenvalue weighted by atomic mass is 16.4. The first kappa shape index (κ1) is 28.1. The van der Waals surface area contributed by atoms with E-state index < -0.39 is 17.9 Å². The lowest BCUT2D eigenvalue weighted by Crippen LogP contribution is -2.52. The minimum absolute atomic E-state index is 0.126. The number of nitrogens with zero attached hydrogens (tertiary/aromatic N) is 1. The van der Waals surface area contributed by atoms with Gasteiger partial charge in [-0.25, -0.2) is 0 Å². The maximum atomic E-state index is 11.0. The number of aliphatic carboxylic acids is 3. The second-order valence-electron chi connectivity index (χ2n) is 8.19. The molecule has 0 heterocycles. The van der Waals surface area contributed by atoms with E-state index >= 15 is 0 Å². The number of allylic oxidation sites excluding steroid dienone is 1. The highest BCUT2D eigenvalue weighted by molar-refractivity contribution is 5.67. The molecule has 0 aliphatic carbocycles. The molecule has 0 fully saturated rings. The van der Waals surface area contributed by atoms with Crippen molar-refractivity contribution in [3.63, 3.8) is 0 Å². The van der Waals surface area contributed by atoms with Crippen LogP contribution in [0.5, 0.6) is 0 Å². The molecular weight excluding hydrogens is 386 g/mol. The second-order valence-corrected chi connectivity index (χ2v) is 8.19. The van der Waals surface area contributed by atoms with E-state index in [2.05, 4.69) is 13.0 Å². The van der Waals surface area contributed by atoms with Crippen molar-refractivity contribution in [2.45, 2.75) is 90.4 Å². The predicted octanol–water partition coefficient (Wildman–Crippen LogP) is 3.37. The van der Waals surface area contributed by atoms with Crippen molar-refractivity contribution in [1.82, 2.24) is 0 Å². The van der Waals surface area contributed by atoms with Crippen molar-refractivity contribution < 1.29 is 34.2 Å². The van der Waals surface area contributed by atoms with Crippen LogP contribution in [0.15, 0.2) is 12.2 Å². The molecule has 30 heavy (non-hydrogen) atoms. The average molecular weight is 428 g/mol. The fraction of sp³-hybridized carbons (Fsp3) is 0.783. The Balaban J connectivity index is 4.45. The summed E-state index contributed by atoms with van der Waals surface area (Å²) in [4.78, 5) is 33.0. The number of carbonyl (C=O) groups excluding carboxylic acids is 1. The molecule has 0 aliphatic rings. The highest BCUT2D eigenvalue weighted by Crippen LogP contribution is 2.14. The van der Waals surface area contributed by atoms with Gasteiger partial charge in [-0.1, -0.05) is 64.4 Å². The van der Waals surface area contributed by atoms with E-state index in [1.165, 1.54) is 51.4 Å². The van der Waals surface area contributed by atoms with E-state index in [1.807, 2.05) is 6.08 Å². The Kier molecular flexibility index (Phi) is 16.8. The topological polar surface area (TPSA) is 115 Å². The number of unbranched alkanes of at least 4 members (excludes halogenated alkanes) is 9. The first-order valence-corrected chi connectivity index (χ1v) is 11.4. The molecule has 0 amide bonds. The molecule has 0 aromatic rings. The Morgan fingerprint density at radius 3 is 1.67 bits per heavy atom. The molecule has 7 nitrogen and oxygen atoms in total. The molecule has 0 aromatic heterocycles. The summed E-state index contributed by atoms with van der Waals surface area (Å²) in [5, 5.41) is 29.0. The first-order chi connectivity index (χ1) is 14.3. The molecule has 0 saturated carbocycles. The van der Waals surface area contributed by atoms with E-state index in [9.17, 15) is 19.5 Å². The van der Waals surface area contributed by atoms with E-state index in [4.69, 9.17) is 10.2 Å². The molecule has 0 radical (unpaired) electrons. The molecule has 0 atom stereocenters. The third-order valence-electron chi connectivity index (χ3n) is 5.52. The summed E-state index contributed by atoms with van der Waals surface area (Å²) < 4.78 is 0.140. The lowest BCUT2D eigenvalue weighted by Gasteiger charge is -2.37. The van der Waals surface area contributed by atoms with Gasteiger partial charge in [0.2, 0.25) is 0 Å². The summed E-state index contributed by atoms with van der Waals surface area (Å²) in [5.41, 5.74) is 0. The Morgan fingerprint density at radius 2 is 1.20 bits per heavy atom. The van der Waals surface area contributed by atoms with Crippen molar-refractivity contribution in [1.29, 1.82) is 0 Å². The molecule has 0 aromatic carbocycles. The monoisotopic (exact) mass is 427 g/mol. The van der Waals surface area contributed by atoms with Gasteiger partial charge >= 0.3 is 11.9 Å². The second kappa shape index (κ2) is 17.9. The van der Waals surface area contributed by atoms with E-state index in [-0.39, 0.29) is 43.4 Å². The molecule has 2 N–H and O–H groups in total. The van der Waals surface area contributed by atoms with Crippen LogP contribution < -0.4 is 5.11 Å². The minimum Gasteiger partial charge on any atom is -0.550 e. The molecule has 0 spiro atoms. The van der Waals surface area contributed by atoms with Crippen molar-refractivity contribution in [3.05, 3.63) is 12.2 Å². The summed E-state index contributed by atoms with van der Waals surface area (Å²) in [6, 6.07) is 0. The molecule has 0 aliphatic heterocycles. The molecular formula is C23H41NO6. The first-order valence-electron chi connectivity index (χ1n) is 11.4. The number of carboxylic acids is 3. The van der Waals surface area contributed by atoms with Crippen LogP contribution in [0.2, 0.25) is 0 Å². The van der Waals surface area contributed by atoms with Crippen LogP contribution in [0.1, 0.15) is 90.4 Å². The third-order valence-corrected chi connectivity index (χ3v) is 5.52. The van der Waals surface area contributed by atoms with Gasteiger partial charge in [0, 0.05) is 12.4 Å². The van der Waals surface area contributed by atoms with Crippen LogP contribution in [-0.4, -0.2) is 58.8 Å². The molecule has 0 saturated heterocycles. The summed E-state index contributed by atoms with van der Waals surface area (Å²) in [5.74, 6) is -3.15. The van der Waals surface area contributed by atoms with Crippen LogP contribution in [0.4, 0.5) is 0 Å². The lowest BCUT2D eigenvalue weighted by atomic mass is 10.1. The molecule has 0 bridgehead atoms. The smallest absolute Gasteiger partial charge is 0.309 e. The van der Waals surface area contributed by atoms with Gasteiger partial charge in [0.1, 0.15) is 0 Å². The number of rotatable bonds is 21. The van der Waals surface area contributed by atoms with Crippen molar-refractivity contribution in [2.24, 2.45) is 0 Å². The normalized spacial score (nSPS) is 11.8. The highest BCUT2D eigenvalue weighted by Gasteiger charge is 2.27.